The van der Waals surface area contributed by atoms with Crippen LogP contribution in [0.25, 0.3) is 120 Å². The second-order valence-electron chi connectivity index (χ2n) is 41.7. The van der Waals surface area contributed by atoms with Crippen molar-refractivity contribution in [2.75, 3.05) is 19.6 Å². The van der Waals surface area contributed by atoms with E-state index < -0.39 is 0 Å². The predicted molar refractivity (Wildman–Crippen MR) is 593 cm³/mol. The van der Waals surface area contributed by atoms with E-state index in [1.54, 1.807) is 0 Å². The lowest BCUT2D eigenvalue weighted by atomic mass is 9.79. The van der Waals surface area contributed by atoms with Crippen molar-refractivity contribution in [2.45, 2.75) is 131 Å². The molecule has 6 heteroatoms. The van der Waals surface area contributed by atoms with Crippen molar-refractivity contribution in [3.05, 3.63) is 469 Å². The van der Waals surface area contributed by atoms with E-state index in [9.17, 15) is 0 Å². The van der Waals surface area contributed by atoms with E-state index in [4.69, 9.17) is 0 Å². The highest BCUT2D eigenvalue weighted by atomic mass is 15.2. The van der Waals surface area contributed by atoms with E-state index >= 15 is 0 Å². The second kappa shape index (κ2) is 34.9. The number of benzene rings is 20. The smallest absolute Gasteiger partial charge is 0.0568 e. The Kier molecular flexibility index (Phi) is 22.1. The summed E-state index contributed by atoms with van der Waals surface area (Å²) in [7, 11) is 0. The van der Waals surface area contributed by atoms with Gasteiger partial charge >= 0.3 is 0 Å². The van der Waals surface area contributed by atoms with Crippen LogP contribution < -0.4 is 19.6 Å². The number of aromatic nitrogens is 2. The van der Waals surface area contributed by atoms with Gasteiger partial charge in [0.05, 0.1) is 44.8 Å². The number of nitrogens with zero attached hydrogens (tertiary/aromatic N) is 6. The number of hydrogen-bond donors (Lipinski definition) is 0. The fourth-order valence-electron chi connectivity index (χ4n) is 21.3. The molecule has 0 bridgehead atoms. The fraction of sp³-hybridized carbons (Fsp3) is 0.152. The topological polar surface area (TPSA) is 22.8 Å². The molecule has 0 saturated heterocycles. The summed E-state index contributed by atoms with van der Waals surface area (Å²) in [5.41, 5.74) is 34.2. The molecule has 2 aromatic heterocycles. The molecule has 0 N–H and O–H groups in total. The maximum absolute atomic E-state index is 2.57. The van der Waals surface area contributed by atoms with Gasteiger partial charge in [0.15, 0.2) is 0 Å². The predicted octanol–water partition coefficient (Wildman–Crippen LogP) is 37.4. The second-order valence-corrected chi connectivity index (χ2v) is 41.7. The van der Waals surface area contributed by atoms with Crippen LogP contribution in [0.2, 0.25) is 0 Å². The third kappa shape index (κ3) is 16.1. The van der Waals surface area contributed by atoms with Crippen LogP contribution in [0, 0.1) is 20.8 Å². The van der Waals surface area contributed by atoms with E-state index in [1.807, 2.05) is 0 Å². The van der Waals surface area contributed by atoms with Gasteiger partial charge in [-0.2, -0.15) is 0 Å². The van der Waals surface area contributed by atoms with Crippen molar-refractivity contribution in [3.8, 4) is 33.6 Å². The van der Waals surface area contributed by atoms with Gasteiger partial charge in [0, 0.05) is 100.0 Å². The van der Waals surface area contributed by atoms with Crippen molar-refractivity contribution in [1.29, 1.82) is 0 Å². The highest BCUT2D eigenvalue weighted by Crippen LogP contribution is 2.55. The standard InChI is InChI=1S/C132H116N6/c1-87-53-65-99(66-54-87)133(101-69-57-95(58-70-101)129(4,5)6)117-83-121-125(113-49-25-21-45-109(113)117)126-114-50-26-22-46-110(114)118(84-122(126)137(121)107-43-31-39-93(81-107)91-35-17-15-18-36-91)134(102-71-59-96(60-72-102)130(7,8)9)100-67-55-90(56-68-100)77-78-132(13,14)98-63-75-104(76-64-98)136(106-42-30-34-89(3)80-106)120-86-124-128(116-52-28-24-48-112(116)120)127-115-51-27-23-47-111(115)119(85-123(127)138(124)108-44-32-40-94(82-108)92-37-19-16-20-38-92)135(105-41-29-33-88(2)79-105)103-73-61-97(62-74-103)131(10,11)12/h15-76,79-86H,77-78H2,1-14H3. The molecule has 0 aliphatic heterocycles. The van der Waals surface area contributed by atoms with Crippen molar-refractivity contribution in [3.63, 3.8) is 0 Å². The molecule has 0 unspecified atom stereocenters. The van der Waals surface area contributed by atoms with Crippen LogP contribution in [0.15, 0.2) is 425 Å². The molecule has 22 aromatic rings. The van der Waals surface area contributed by atoms with Gasteiger partial charge in [0.2, 0.25) is 0 Å². The third-order valence-corrected chi connectivity index (χ3v) is 28.8. The average molecular weight is 1790 g/mol. The summed E-state index contributed by atoms with van der Waals surface area (Å²) >= 11 is 0. The minimum absolute atomic E-state index is 0.0149. The molecule has 2 heterocycles. The normalized spacial score (nSPS) is 12.2. The Labute approximate surface area is 812 Å². The summed E-state index contributed by atoms with van der Waals surface area (Å²) in [6.45, 7) is 32.1. The molecule has 138 heavy (non-hydrogen) atoms. The Morgan fingerprint density at radius 3 is 0.768 bits per heavy atom. The molecule has 0 atom stereocenters. The van der Waals surface area contributed by atoms with Crippen LogP contribution in [0.3, 0.4) is 0 Å². The molecule has 0 fully saturated rings. The van der Waals surface area contributed by atoms with Crippen molar-refractivity contribution < 1.29 is 0 Å². The quantitative estimate of drug-likeness (QED) is 0.0758. The van der Waals surface area contributed by atoms with Gasteiger partial charge < -0.3 is 28.7 Å². The van der Waals surface area contributed by atoms with Crippen LogP contribution in [-0.2, 0) is 28.1 Å². The highest BCUT2D eigenvalue weighted by Gasteiger charge is 2.32. The molecule has 674 valence electrons. The first kappa shape index (κ1) is 87.6. The summed E-state index contributed by atoms with van der Waals surface area (Å²) in [6, 6.07) is 160. The van der Waals surface area contributed by atoms with Gasteiger partial charge in [-0.25, -0.2) is 0 Å². The van der Waals surface area contributed by atoms with Crippen LogP contribution in [0.4, 0.5) is 68.2 Å². The van der Waals surface area contributed by atoms with Gasteiger partial charge in [-0.15, -0.1) is 0 Å². The Balaban J connectivity index is 0.658. The van der Waals surface area contributed by atoms with Crippen molar-refractivity contribution in [2.24, 2.45) is 0 Å². The first-order valence-electron chi connectivity index (χ1n) is 48.9. The van der Waals surface area contributed by atoms with Gasteiger partial charge in [-0.3, -0.25) is 0 Å². The molecular formula is C132H116N6. The number of aryl methyl sites for hydroxylation is 4. The number of fused-ring (bicyclic) bond motifs is 14. The van der Waals surface area contributed by atoms with E-state index in [0.717, 1.165) is 136 Å². The summed E-state index contributed by atoms with van der Waals surface area (Å²) in [5.74, 6) is 0. The highest BCUT2D eigenvalue weighted by molar-refractivity contribution is 6.34. The third-order valence-electron chi connectivity index (χ3n) is 28.8. The first-order chi connectivity index (χ1) is 66.8. The molecule has 0 saturated carbocycles. The molecule has 0 amide bonds. The Morgan fingerprint density at radius 1 is 0.203 bits per heavy atom. The zero-order valence-electron chi connectivity index (χ0n) is 81.5. The van der Waals surface area contributed by atoms with E-state index in [-0.39, 0.29) is 21.7 Å². The van der Waals surface area contributed by atoms with Crippen molar-refractivity contribution >= 4 is 155 Å². The van der Waals surface area contributed by atoms with E-state index in [1.165, 1.54) is 109 Å². The van der Waals surface area contributed by atoms with Gasteiger partial charge in [-0.1, -0.05) is 361 Å². The Hall–Kier alpha value is -15.8. The summed E-state index contributed by atoms with van der Waals surface area (Å²) < 4.78 is 5.13. The number of rotatable bonds is 20. The summed E-state index contributed by atoms with van der Waals surface area (Å²) in [4.78, 5) is 10.00. The van der Waals surface area contributed by atoms with E-state index in [0.29, 0.717) is 0 Å². The van der Waals surface area contributed by atoms with Crippen LogP contribution >= 0.6 is 0 Å². The average Bonchev–Trinajstić information content (AvgIpc) is 1.54. The molecule has 0 radical (unpaired) electrons. The molecule has 22 rings (SSSR count). The lowest BCUT2D eigenvalue weighted by molar-refractivity contribution is 0.480. The largest absolute Gasteiger partial charge is 0.310 e. The Bertz CT molecular complexity index is 8390. The Morgan fingerprint density at radius 2 is 0.464 bits per heavy atom. The zero-order chi connectivity index (χ0) is 94.6. The number of hydrogen-bond acceptors (Lipinski definition) is 4. The molecule has 0 spiro atoms. The first-order valence-corrected chi connectivity index (χ1v) is 48.9. The van der Waals surface area contributed by atoms with Crippen LogP contribution in [0.5, 0.6) is 0 Å². The van der Waals surface area contributed by atoms with Crippen LogP contribution in [-0.4, -0.2) is 9.13 Å². The monoisotopic (exact) mass is 1780 g/mol. The van der Waals surface area contributed by atoms with Crippen molar-refractivity contribution in [1.82, 2.24) is 9.13 Å². The lowest BCUT2D eigenvalue weighted by Gasteiger charge is -2.30. The summed E-state index contributed by atoms with van der Waals surface area (Å²) in [6.07, 6.45) is 1.80. The maximum atomic E-state index is 2.57. The molecule has 20 aromatic carbocycles. The minimum atomic E-state index is -0.213. The molecular weight excluding hydrogens is 1670 g/mol. The van der Waals surface area contributed by atoms with E-state index in [2.05, 4.69) is 550 Å². The van der Waals surface area contributed by atoms with Crippen LogP contribution in [0.1, 0.15) is 127 Å². The molecule has 0 aliphatic rings. The van der Waals surface area contributed by atoms with Gasteiger partial charge in [0.1, 0.15) is 0 Å². The van der Waals surface area contributed by atoms with Gasteiger partial charge in [0.25, 0.3) is 0 Å². The molecule has 0 aliphatic carbocycles. The fourth-order valence-corrected chi connectivity index (χ4v) is 21.3. The van der Waals surface area contributed by atoms with Gasteiger partial charge in [-0.05, 0) is 284 Å². The SMILES string of the molecule is Cc1ccc(N(c2ccc(C(C)(C)C)cc2)c2cc3c(c4ccccc24)c2c4ccccc4c(N(c4ccc(CCC(C)(C)c5ccc(N(c6cccc(C)c6)c6cc7c(c8ccccc68)c6c8ccccc8c(N(c8ccc(C(C)(C)C)cc8)c8cccc(C)c8)cc6n7-c6cccc(-c7ccccc7)c6)cc5)cc4)c4ccc(C(C)(C)C)cc4)cc2n3-c2cccc(-c3ccccc3)c2)cc1. The molecule has 6 nitrogen and oxygen atoms in total. The zero-order valence-corrected chi connectivity index (χ0v) is 81.5. The number of anilines is 12. The lowest BCUT2D eigenvalue weighted by Crippen LogP contribution is -2.18. The maximum Gasteiger partial charge on any atom is 0.0568 e. The summed E-state index contributed by atoms with van der Waals surface area (Å²) in [5, 5.41) is 14.3. The minimum Gasteiger partial charge on any atom is -0.310 e.